The Kier molecular flexibility index (Phi) is 33.4. The molecule has 4 nitrogen and oxygen atoms in total. The molecule has 0 rings (SSSR count). The summed E-state index contributed by atoms with van der Waals surface area (Å²) in [5.74, 6) is -0.0514. The number of nitrogens with one attached hydrogen (secondary N) is 1. The van der Waals surface area contributed by atoms with E-state index in [-0.39, 0.29) is 12.5 Å². The lowest BCUT2D eigenvalue weighted by Crippen LogP contribution is -2.45. The highest BCUT2D eigenvalue weighted by Gasteiger charge is 2.19. The molecule has 1 amide bonds. The molecule has 0 bridgehead atoms. The SMILES string of the molecule is CCCCCC/C=C/CCCCCCCC(=O)N[C@@H](CO)[C@H](O)CCCC/C=C/CCCCCCCCCCCCC. The fourth-order valence-electron chi connectivity index (χ4n) is 5.52. The van der Waals surface area contributed by atoms with Crippen molar-refractivity contribution in [1.29, 1.82) is 0 Å². The first-order valence-corrected chi connectivity index (χ1v) is 18.5. The third-order valence-corrected chi connectivity index (χ3v) is 8.43. The topological polar surface area (TPSA) is 69.6 Å². The largest absolute Gasteiger partial charge is 0.394 e. The minimum Gasteiger partial charge on any atom is -0.394 e. The number of amides is 1. The van der Waals surface area contributed by atoms with Crippen LogP contribution in [0.5, 0.6) is 0 Å². The van der Waals surface area contributed by atoms with Crippen LogP contribution in [0.1, 0.15) is 194 Å². The van der Waals surface area contributed by atoms with Crippen LogP contribution < -0.4 is 5.32 Å². The van der Waals surface area contributed by atoms with Crippen molar-refractivity contribution in [1.82, 2.24) is 5.32 Å². The lowest BCUT2D eigenvalue weighted by atomic mass is 10.0. The standard InChI is InChI=1S/C38H73NO3/c1-3-5-7-9-11-13-15-17-18-19-20-22-23-25-27-29-31-33-37(41)36(35-40)39-38(42)34-32-30-28-26-24-21-16-14-12-10-8-6-4-2/h14,16,23,25,36-37,40-41H,3-13,15,17-22,24,26-35H2,1-2H3,(H,39,42)/b16-14+,25-23+/t36-,37+/m0/s1. The normalized spacial score (nSPS) is 13.3. The Morgan fingerprint density at radius 3 is 1.33 bits per heavy atom. The van der Waals surface area contributed by atoms with E-state index < -0.39 is 12.1 Å². The summed E-state index contributed by atoms with van der Waals surface area (Å²) in [6, 6.07) is -0.553. The van der Waals surface area contributed by atoms with E-state index in [2.05, 4.69) is 43.5 Å². The number of allylic oxidation sites excluding steroid dienone is 4. The van der Waals surface area contributed by atoms with Crippen LogP contribution >= 0.6 is 0 Å². The van der Waals surface area contributed by atoms with E-state index >= 15 is 0 Å². The summed E-state index contributed by atoms with van der Waals surface area (Å²) in [5.41, 5.74) is 0. The minimum absolute atomic E-state index is 0.0514. The average Bonchev–Trinajstić information content (AvgIpc) is 2.99. The molecule has 3 N–H and O–H groups in total. The Hall–Kier alpha value is -1.13. The van der Waals surface area contributed by atoms with Gasteiger partial charge in [-0.05, 0) is 64.2 Å². The predicted octanol–water partition coefficient (Wildman–Crippen LogP) is 10.9. The van der Waals surface area contributed by atoms with Gasteiger partial charge in [-0.25, -0.2) is 0 Å². The molecule has 0 unspecified atom stereocenters. The van der Waals surface area contributed by atoms with E-state index in [4.69, 9.17) is 0 Å². The van der Waals surface area contributed by atoms with Gasteiger partial charge in [-0.15, -0.1) is 0 Å². The summed E-state index contributed by atoms with van der Waals surface area (Å²) in [5, 5.41) is 23.0. The third kappa shape index (κ3) is 30.3. The van der Waals surface area contributed by atoms with E-state index in [1.54, 1.807) is 0 Å². The molecule has 42 heavy (non-hydrogen) atoms. The summed E-state index contributed by atoms with van der Waals surface area (Å²) in [6.45, 7) is 4.32. The fourth-order valence-corrected chi connectivity index (χ4v) is 5.52. The van der Waals surface area contributed by atoms with Gasteiger partial charge in [-0.2, -0.15) is 0 Å². The van der Waals surface area contributed by atoms with Gasteiger partial charge in [0, 0.05) is 6.42 Å². The van der Waals surface area contributed by atoms with Gasteiger partial charge in [0.15, 0.2) is 0 Å². The summed E-state index contributed by atoms with van der Waals surface area (Å²) in [6.07, 6.45) is 42.3. The second kappa shape index (κ2) is 34.4. The Labute approximate surface area is 262 Å². The molecule has 0 fully saturated rings. The zero-order chi connectivity index (χ0) is 30.8. The summed E-state index contributed by atoms with van der Waals surface area (Å²) in [4.78, 5) is 12.3. The fraction of sp³-hybridized carbons (Fsp3) is 0.868. The maximum Gasteiger partial charge on any atom is 0.220 e. The number of carbonyl (C=O) groups is 1. The number of aliphatic hydroxyl groups excluding tert-OH is 2. The van der Waals surface area contributed by atoms with Crippen molar-refractivity contribution >= 4 is 5.91 Å². The zero-order valence-corrected chi connectivity index (χ0v) is 28.3. The van der Waals surface area contributed by atoms with E-state index in [1.807, 2.05) is 0 Å². The van der Waals surface area contributed by atoms with Crippen LogP contribution in [0.4, 0.5) is 0 Å². The van der Waals surface area contributed by atoms with Crippen LogP contribution in [0, 0.1) is 0 Å². The van der Waals surface area contributed by atoms with Crippen LogP contribution in [0.25, 0.3) is 0 Å². The highest BCUT2D eigenvalue weighted by Crippen LogP contribution is 2.13. The third-order valence-electron chi connectivity index (χ3n) is 8.43. The Balaban J connectivity index is 3.61. The minimum atomic E-state index is -0.682. The summed E-state index contributed by atoms with van der Waals surface area (Å²) in [7, 11) is 0. The first-order chi connectivity index (χ1) is 20.7. The number of aliphatic hydroxyl groups is 2. The maximum atomic E-state index is 12.3. The lowest BCUT2D eigenvalue weighted by Gasteiger charge is -2.22. The predicted molar refractivity (Wildman–Crippen MR) is 184 cm³/mol. The van der Waals surface area contributed by atoms with E-state index in [9.17, 15) is 15.0 Å². The van der Waals surface area contributed by atoms with Crippen LogP contribution in [0.15, 0.2) is 24.3 Å². The van der Waals surface area contributed by atoms with Gasteiger partial charge in [-0.3, -0.25) is 4.79 Å². The van der Waals surface area contributed by atoms with Gasteiger partial charge in [0.1, 0.15) is 0 Å². The zero-order valence-electron chi connectivity index (χ0n) is 28.3. The van der Waals surface area contributed by atoms with Gasteiger partial charge < -0.3 is 15.5 Å². The molecule has 0 heterocycles. The molecule has 0 saturated heterocycles. The Morgan fingerprint density at radius 2 is 0.905 bits per heavy atom. The number of unbranched alkanes of at least 4 members (excludes halogenated alkanes) is 22. The van der Waals surface area contributed by atoms with Gasteiger partial charge in [-0.1, -0.05) is 147 Å². The molecule has 0 aliphatic heterocycles. The smallest absolute Gasteiger partial charge is 0.220 e. The molecule has 248 valence electrons. The van der Waals surface area contributed by atoms with Crippen molar-refractivity contribution in [2.45, 2.75) is 206 Å². The summed E-state index contributed by atoms with van der Waals surface area (Å²) < 4.78 is 0. The van der Waals surface area contributed by atoms with Crippen molar-refractivity contribution in [3.8, 4) is 0 Å². The lowest BCUT2D eigenvalue weighted by molar-refractivity contribution is -0.123. The van der Waals surface area contributed by atoms with Crippen molar-refractivity contribution < 1.29 is 15.0 Å². The number of carbonyl (C=O) groups excluding carboxylic acids is 1. The molecule has 0 aromatic heterocycles. The molecular weight excluding hydrogens is 518 g/mol. The molecule has 2 atom stereocenters. The van der Waals surface area contributed by atoms with Crippen molar-refractivity contribution in [2.24, 2.45) is 0 Å². The first kappa shape index (κ1) is 40.9. The van der Waals surface area contributed by atoms with Crippen LogP contribution in [0.3, 0.4) is 0 Å². The van der Waals surface area contributed by atoms with Gasteiger partial charge >= 0.3 is 0 Å². The first-order valence-electron chi connectivity index (χ1n) is 18.5. The monoisotopic (exact) mass is 592 g/mol. The van der Waals surface area contributed by atoms with Gasteiger partial charge in [0.05, 0.1) is 18.8 Å². The molecule has 0 radical (unpaired) electrons. The highest BCUT2D eigenvalue weighted by molar-refractivity contribution is 5.76. The highest BCUT2D eigenvalue weighted by atomic mass is 16.3. The number of hydrogen-bond donors (Lipinski definition) is 3. The van der Waals surface area contributed by atoms with Crippen molar-refractivity contribution in [2.75, 3.05) is 6.61 Å². The average molecular weight is 592 g/mol. The molecule has 0 aliphatic rings. The van der Waals surface area contributed by atoms with Gasteiger partial charge in [0.25, 0.3) is 0 Å². The van der Waals surface area contributed by atoms with Crippen molar-refractivity contribution in [3.63, 3.8) is 0 Å². The maximum absolute atomic E-state index is 12.3. The van der Waals surface area contributed by atoms with Crippen LogP contribution in [-0.2, 0) is 4.79 Å². The number of rotatable bonds is 33. The molecular formula is C38H73NO3. The molecule has 0 aromatic carbocycles. The number of hydrogen-bond acceptors (Lipinski definition) is 3. The molecule has 0 saturated carbocycles. The van der Waals surface area contributed by atoms with Gasteiger partial charge in [0.2, 0.25) is 5.91 Å². The second-order valence-electron chi connectivity index (χ2n) is 12.6. The Bertz CT molecular complexity index is 603. The van der Waals surface area contributed by atoms with Crippen LogP contribution in [-0.4, -0.2) is 34.9 Å². The molecule has 0 aliphatic carbocycles. The van der Waals surface area contributed by atoms with E-state index in [0.29, 0.717) is 12.8 Å². The molecule has 0 spiro atoms. The Morgan fingerprint density at radius 1 is 0.548 bits per heavy atom. The molecule has 4 heteroatoms. The van der Waals surface area contributed by atoms with Crippen LogP contribution in [0.2, 0.25) is 0 Å². The second-order valence-corrected chi connectivity index (χ2v) is 12.6. The van der Waals surface area contributed by atoms with Crippen molar-refractivity contribution in [3.05, 3.63) is 24.3 Å². The molecule has 0 aromatic rings. The van der Waals surface area contributed by atoms with E-state index in [0.717, 1.165) is 38.5 Å². The quantitative estimate of drug-likeness (QED) is 0.0525. The van der Waals surface area contributed by atoms with E-state index in [1.165, 1.54) is 128 Å². The summed E-state index contributed by atoms with van der Waals surface area (Å²) >= 11 is 0.